The molecular formula is C47H34N2. The van der Waals surface area contributed by atoms with Crippen molar-refractivity contribution in [3.05, 3.63) is 182 Å². The number of hydrogen-bond donors (Lipinski definition) is 0. The minimum Gasteiger partial charge on any atom is -0.296 e. The molecule has 1 aromatic heterocycles. The van der Waals surface area contributed by atoms with Gasteiger partial charge in [0.15, 0.2) is 0 Å². The molecule has 0 amide bonds. The smallest absolute Gasteiger partial charge is 0.114 e. The third kappa shape index (κ3) is 4.92. The van der Waals surface area contributed by atoms with Crippen LogP contribution >= 0.6 is 0 Å². The lowest BCUT2D eigenvalue weighted by atomic mass is 9.83. The molecule has 2 nitrogen and oxygen atoms in total. The van der Waals surface area contributed by atoms with Crippen molar-refractivity contribution in [3.8, 4) is 50.2 Å². The molecule has 0 aliphatic heterocycles. The first-order chi connectivity index (χ1) is 26.2. The second kappa shape index (κ2) is 12.1. The minimum atomic E-state index is -2.89. The molecule has 49 heavy (non-hydrogen) atoms. The van der Waals surface area contributed by atoms with Crippen molar-refractivity contribution in [3.63, 3.8) is 0 Å². The maximum absolute atomic E-state index is 8.53. The standard InChI is InChI=1S/C47H34N2/c1-2-45-48-43-22-12-13-23-44(43)49(45)36-30-28-33(29-31-36)32-24-26-35(27-25-32)46-39-18-8-10-20-41(39)47(42-21-11-9-19-40(42)46)38-17-7-6-16-37(38)34-14-4-3-5-15-34/h3-31H,2H2,1H3/i1D3,2D2. The second-order valence-corrected chi connectivity index (χ2v) is 12.3. The topological polar surface area (TPSA) is 17.8 Å². The fourth-order valence-electron chi connectivity index (χ4n) is 7.30. The summed E-state index contributed by atoms with van der Waals surface area (Å²) in [7, 11) is 0. The molecule has 9 aromatic rings. The van der Waals surface area contributed by atoms with E-state index in [0.717, 1.165) is 16.7 Å². The van der Waals surface area contributed by atoms with Gasteiger partial charge in [-0.05, 0) is 90.3 Å². The van der Waals surface area contributed by atoms with E-state index in [9.17, 15) is 0 Å². The van der Waals surface area contributed by atoms with Gasteiger partial charge >= 0.3 is 0 Å². The first-order valence-electron chi connectivity index (χ1n) is 19.0. The molecule has 2 heteroatoms. The summed E-state index contributed by atoms with van der Waals surface area (Å²) in [5.41, 5.74) is 10.9. The Morgan fingerprint density at radius 2 is 0.980 bits per heavy atom. The van der Waals surface area contributed by atoms with Crippen LogP contribution in [0.4, 0.5) is 0 Å². The Balaban J connectivity index is 1.13. The van der Waals surface area contributed by atoms with E-state index in [4.69, 9.17) is 6.85 Å². The summed E-state index contributed by atoms with van der Waals surface area (Å²) in [6.07, 6.45) is -2.65. The van der Waals surface area contributed by atoms with E-state index in [-0.39, 0.29) is 5.82 Å². The van der Waals surface area contributed by atoms with Gasteiger partial charge in [0.2, 0.25) is 0 Å². The molecule has 9 rings (SSSR count). The van der Waals surface area contributed by atoms with Gasteiger partial charge in [-0.25, -0.2) is 4.98 Å². The number of aromatic nitrogens is 2. The number of hydrogen-bond acceptors (Lipinski definition) is 1. The summed E-state index contributed by atoms with van der Waals surface area (Å²) in [6.45, 7) is -2.89. The van der Waals surface area contributed by atoms with Gasteiger partial charge in [0.25, 0.3) is 0 Å². The van der Waals surface area contributed by atoms with E-state index in [1.54, 1.807) is 10.6 Å². The third-order valence-electron chi connectivity index (χ3n) is 9.52. The molecule has 0 atom stereocenters. The zero-order valence-corrected chi connectivity index (χ0v) is 26.6. The third-order valence-corrected chi connectivity index (χ3v) is 9.52. The molecule has 0 aliphatic rings. The number of imidazole rings is 1. The summed E-state index contributed by atoms with van der Waals surface area (Å²) >= 11 is 0. The van der Waals surface area contributed by atoms with Gasteiger partial charge in [0.1, 0.15) is 5.82 Å². The van der Waals surface area contributed by atoms with Crippen LogP contribution in [0.25, 0.3) is 82.8 Å². The number of para-hydroxylation sites is 2. The Bertz CT molecular complexity index is 2760. The molecule has 1 heterocycles. The summed E-state index contributed by atoms with van der Waals surface area (Å²) in [5, 5.41) is 4.77. The molecule has 0 spiro atoms. The van der Waals surface area contributed by atoms with Crippen molar-refractivity contribution in [2.45, 2.75) is 13.2 Å². The average Bonchev–Trinajstić information content (AvgIpc) is 3.61. The van der Waals surface area contributed by atoms with E-state index in [1.165, 1.54) is 49.4 Å². The molecule has 0 saturated carbocycles. The van der Waals surface area contributed by atoms with Crippen LogP contribution in [0.15, 0.2) is 176 Å². The van der Waals surface area contributed by atoms with Crippen molar-refractivity contribution in [1.82, 2.24) is 9.55 Å². The molecule has 8 aromatic carbocycles. The summed E-state index contributed by atoms with van der Waals surface area (Å²) < 4.78 is 42.4. The van der Waals surface area contributed by atoms with Crippen molar-refractivity contribution in [2.75, 3.05) is 0 Å². The molecule has 232 valence electrons. The molecule has 0 N–H and O–H groups in total. The lowest BCUT2D eigenvalue weighted by Gasteiger charge is -2.19. The van der Waals surface area contributed by atoms with Crippen molar-refractivity contribution in [2.24, 2.45) is 0 Å². The molecule has 0 radical (unpaired) electrons. The van der Waals surface area contributed by atoms with E-state index < -0.39 is 13.2 Å². The van der Waals surface area contributed by atoms with Crippen LogP contribution in [-0.4, -0.2) is 9.55 Å². The van der Waals surface area contributed by atoms with E-state index in [2.05, 4.69) is 132 Å². The number of rotatable bonds is 6. The molecular weight excluding hydrogens is 593 g/mol. The maximum Gasteiger partial charge on any atom is 0.114 e. The molecule has 0 saturated heterocycles. The lowest BCUT2D eigenvalue weighted by molar-refractivity contribution is 0.908. The Morgan fingerprint density at radius 1 is 0.469 bits per heavy atom. The first-order valence-corrected chi connectivity index (χ1v) is 16.5. The highest BCUT2D eigenvalue weighted by Crippen LogP contribution is 2.46. The number of fused-ring (bicyclic) bond motifs is 3. The zero-order valence-electron chi connectivity index (χ0n) is 31.6. The SMILES string of the molecule is [2H]C([2H])([2H])C([2H])([2H])c1nc2ccccc2n1-c1ccc(-c2ccc(-c3c4ccccc4c(-c4ccccc4-c4ccccc4)c4ccccc34)cc2)cc1. The zero-order chi connectivity index (χ0) is 37.0. The van der Waals surface area contributed by atoms with Crippen LogP contribution in [0.2, 0.25) is 0 Å². The van der Waals surface area contributed by atoms with Crippen LogP contribution in [0, 0.1) is 0 Å². The van der Waals surface area contributed by atoms with Gasteiger partial charge in [-0.15, -0.1) is 0 Å². The van der Waals surface area contributed by atoms with Crippen molar-refractivity contribution < 1.29 is 6.85 Å². The largest absolute Gasteiger partial charge is 0.296 e. The summed E-state index contributed by atoms with van der Waals surface area (Å²) in [5.74, 6) is -0.144. The highest BCUT2D eigenvalue weighted by molar-refractivity contribution is 6.22. The Hall–Kier alpha value is -6.25. The van der Waals surface area contributed by atoms with Crippen molar-refractivity contribution in [1.29, 1.82) is 0 Å². The molecule has 0 unspecified atom stereocenters. The van der Waals surface area contributed by atoms with Crippen molar-refractivity contribution >= 4 is 32.6 Å². The van der Waals surface area contributed by atoms with Crippen LogP contribution in [0.3, 0.4) is 0 Å². The Labute approximate surface area is 293 Å². The Morgan fingerprint density at radius 3 is 1.63 bits per heavy atom. The predicted molar refractivity (Wildman–Crippen MR) is 207 cm³/mol. The number of aryl methyl sites for hydroxylation is 1. The van der Waals surface area contributed by atoms with Crippen LogP contribution in [-0.2, 0) is 6.37 Å². The normalized spacial score (nSPS) is 13.5. The van der Waals surface area contributed by atoms with Gasteiger partial charge < -0.3 is 0 Å². The predicted octanol–water partition coefficient (Wildman–Crippen LogP) is 12.6. The monoisotopic (exact) mass is 631 g/mol. The van der Waals surface area contributed by atoms with Gasteiger partial charge in [-0.2, -0.15) is 0 Å². The quantitative estimate of drug-likeness (QED) is 0.167. The van der Waals surface area contributed by atoms with Crippen LogP contribution < -0.4 is 0 Å². The van der Waals surface area contributed by atoms with Crippen LogP contribution in [0.1, 0.15) is 19.5 Å². The van der Waals surface area contributed by atoms with E-state index >= 15 is 0 Å². The highest BCUT2D eigenvalue weighted by Gasteiger charge is 2.19. The lowest BCUT2D eigenvalue weighted by Crippen LogP contribution is -1.99. The highest BCUT2D eigenvalue weighted by atomic mass is 15.1. The molecule has 0 bridgehead atoms. The summed E-state index contributed by atoms with van der Waals surface area (Å²) in [4.78, 5) is 4.46. The first kappa shape index (κ1) is 24.0. The number of benzene rings is 8. The molecule has 0 aliphatic carbocycles. The van der Waals surface area contributed by atoms with Gasteiger partial charge in [0, 0.05) is 18.9 Å². The van der Waals surface area contributed by atoms with E-state index in [0.29, 0.717) is 16.7 Å². The summed E-state index contributed by atoms with van der Waals surface area (Å²) in [6, 6.07) is 60.3. The van der Waals surface area contributed by atoms with E-state index in [1.807, 2.05) is 42.5 Å². The second-order valence-electron chi connectivity index (χ2n) is 12.3. The van der Waals surface area contributed by atoms with Gasteiger partial charge in [-0.3, -0.25) is 4.57 Å². The Kier molecular flexibility index (Phi) is 5.91. The van der Waals surface area contributed by atoms with Gasteiger partial charge in [0.05, 0.1) is 11.0 Å². The average molecular weight is 632 g/mol. The maximum atomic E-state index is 8.53. The molecule has 0 fully saturated rings. The van der Waals surface area contributed by atoms with Crippen LogP contribution in [0.5, 0.6) is 0 Å². The minimum absolute atomic E-state index is 0.144. The fraction of sp³-hybridized carbons (Fsp3) is 0.0426. The number of nitrogens with zero attached hydrogens (tertiary/aromatic N) is 2. The fourth-order valence-corrected chi connectivity index (χ4v) is 7.30. The van der Waals surface area contributed by atoms with Gasteiger partial charge in [-0.1, -0.05) is 159 Å².